The average Bonchev–Trinajstić information content (AvgIpc) is 2.79. The summed E-state index contributed by atoms with van der Waals surface area (Å²) in [5.74, 6) is -0.0986. The monoisotopic (exact) mass is 400 g/mol. The molecule has 2 N–H and O–H groups in total. The van der Waals surface area contributed by atoms with Gasteiger partial charge in [-0.1, -0.05) is 54.6 Å². The predicted molar refractivity (Wildman–Crippen MR) is 117 cm³/mol. The molecule has 5 heteroatoms. The molecule has 4 rings (SSSR count). The number of aryl methyl sites for hydroxylation is 1. The zero-order valence-corrected chi connectivity index (χ0v) is 16.6. The number of anilines is 1. The normalized spacial score (nSPS) is 15.0. The second-order valence-electron chi connectivity index (χ2n) is 7.32. The van der Waals surface area contributed by atoms with Crippen LogP contribution in [0.2, 0.25) is 0 Å². The molecule has 3 aromatic carbocycles. The molecule has 2 amide bonds. The number of hydrogen-bond acceptors (Lipinski definition) is 3. The second-order valence-corrected chi connectivity index (χ2v) is 7.32. The maximum absolute atomic E-state index is 12.6. The van der Waals surface area contributed by atoms with Gasteiger partial charge in [-0.05, 0) is 54.7 Å². The molecule has 0 spiro atoms. The number of rotatable bonds is 6. The van der Waals surface area contributed by atoms with Crippen LogP contribution in [0, 0.1) is 0 Å². The fourth-order valence-corrected chi connectivity index (χ4v) is 3.78. The van der Waals surface area contributed by atoms with Crippen LogP contribution in [-0.2, 0) is 11.2 Å². The van der Waals surface area contributed by atoms with Crippen LogP contribution in [-0.4, -0.2) is 18.4 Å². The Balaban J connectivity index is 1.39. The van der Waals surface area contributed by atoms with E-state index < -0.39 is 0 Å². The van der Waals surface area contributed by atoms with Crippen molar-refractivity contribution >= 4 is 17.5 Å². The summed E-state index contributed by atoms with van der Waals surface area (Å²) in [7, 11) is 0. The molecule has 1 aliphatic carbocycles. The van der Waals surface area contributed by atoms with E-state index in [0.717, 1.165) is 19.3 Å². The van der Waals surface area contributed by atoms with Crippen molar-refractivity contribution in [3.63, 3.8) is 0 Å². The Labute approximate surface area is 176 Å². The van der Waals surface area contributed by atoms with E-state index in [2.05, 4.69) is 22.8 Å². The number of fused-ring (bicyclic) bond motifs is 1. The molecule has 0 heterocycles. The third-order valence-corrected chi connectivity index (χ3v) is 5.23. The fraction of sp³-hybridized carbons (Fsp3) is 0.200. The molecule has 1 aliphatic rings. The molecule has 1 atom stereocenters. The lowest BCUT2D eigenvalue weighted by Gasteiger charge is -2.26. The quantitative estimate of drug-likeness (QED) is 0.640. The van der Waals surface area contributed by atoms with Crippen molar-refractivity contribution in [2.45, 2.75) is 25.3 Å². The smallest absolute Gasteiger partial charge is 0.259 e. The van der Waals surface area contributed by atoms with E-state index >= 15 is 0 Å². The van der Waals surface area contributed by atoms with Gasteiger partial charge in [-0.2, -0.15) is 0 Å². The number of ether oxygens (including phenoxy) is 1. The lowest BCUT2D eigenvalue weighted by Crippen LogP contribution is -2.34. The number of carbonyl (C=O) groups excluding carboxylic acids is 2. The Bertz CT molecular complexity index is 1030. The van der Waals surface area contributed by atoms with E-state index in [-0.39, 0.29) is 24.5 Å². The van der Waals surface area contributed by atoms with Crippen LogP contribution in [0.1, 0.15) is 40.4 Å². The van der Waals surface area contributed by atoms with Crippen LogP contribution in [0.5, 0.6) is 5.75 Å². The van der Waals surface area contributed by atoms with Gasteiger partial charge in [-0.15, -0.1) is 0 Å². The lowest BCUT2D eigenvalue weighted by atomic mass is 9.88. The number of benzene rings is 3. The van der Waals surface area contributed by atoms with Crippen LogP contribution in [0.3, 0.4) is 0 Å². The van der Waals surface area contributed by atoms with E-state index in [1.54, 1.807) is 24.3 Å². The third-order valence-electron chi connectivity index (χ3n) is 5.23. The van der Waals surface area contributed by atoms with E-state index in [9.17, 15) is 9.59 Å². The molecule has 3 aromatic rings. The molecule has 5 nitrogen and oxygen atoms in total. The Morgan fingerprint density at radius 2 is 1.63 bits per heavy atom. The summed E-state index contributed by atoms with van der Waals surface area (Å²) in [5.41, 5.74) is 3.56. The highest BCUT2D eigenvalue weighted by Crippen LogP contribution is 2.29. The average molecular weight is 400 g/mol. The Kier molecular flexibility index (Phi) is 6.09. The highest BCUT2D eigenvalue weighted by Gasteiger charge is 2.22. The molecule has 0 aliphatic heterocycles. The van der Waals surface area contributed by atoms with Gasteiger partial charge >= 0.3 is 0 Å². The first-order valence-corrected chi connectivity index (χ1v) is 10.2. The van der Waals surface area contributed by atoms with Crippen LogP contribution in [0.15, 0.2) is 78.9 Å². The van der Waals surface area contributed by atoms with Crippen molar-refractivity contribution in [1.29, 1.82) is 0 Å². The summed E-state index contributed by atoms with van der Waals surface area (Å²) in [5, 5.41) is 5.91. The van der Waals surface area contributed by atoms with Gasteiger partial charge in [-0.25, -0.2) is 0 Å². The van der Waals surface area contributed by atoms with Crippen molar-refractivity contribution in [3.05, 3.63) is 95.6 Å². The molecule has 0 fully saturated rings. The number of hydrogen-bond donors (Lipinski definition) is 2. The van der Waals surface area contributed by atoms with E-state index in [1.807, 2.05) is 42.5 Å². The van der Waals surface area contributed by atoms with Gasteiger partial charge in [0.05, 0.1) is 11.6 Å². The van der Waals surface area contributed by atoms with Crippen LogP contribution < -0.4 is 15.4 Å². The number of para-hydroxylation sites is 2. The minimum absolute atomic E-state index is 0.00248. The minimum atomic E-state index is -0.279. The van der Waals surface area contributed by atoms with E-state index in [1.165, 1.54) is 11.1 Å². The van der Waals surface area contributed by atoms with Crippen molar-refractivity contribution in [1.82, 2.24) is 5.32 Å². The molecule has 30 heavy (non-hydrogen) atoms. The fourth-order valence-electron chi connectivity index (χ4n) is 3.78. The zero-order valence-electron chi connectivity index (χ0n) is 16.6. The highest BCUT2D eigenvalue weighted by atomic mass is 16.5. The summed E-state index contributed by atoms with van der Waals surface area (Å²) in [6, 6.07) is 24.4. The summed E-state index contributed by atoms with van der Waals surface area (Å²) >= 11 is 0. The van der Waals surface area contributed by atoms with Crippen LogP contribution in [0.25, 0.3) is 0 Å². The molecule has 152 valence electrons. The van der Waals surface area contributed by atoms with Gasteiger partial charge in [0.15, 0.2) is 6.61 Å². The molecule has 0 radical (unpaired) electrons. The van der Waals surface area contributed by atoms with Gasteiger partial charge in [0.25, 0.3) is 11.8 Å². The Morgan fingerprint density at radius 3 is 2.50 bits per heavy atom. The Hall–Kier alpha value is -3.60. The maximum atomic E-state index is 12.6. The first-order valence-electron chi connectivity index (χ1n) is 10.2. The summed E-state index contributed by atoms with van der Waals surface area (Å²) in [6.45, 7) is -0.145. The second kappa shape index (κ2) is 9.27. The van der Waals surface area contributed by atoms with Crippen molar-refractivity contribution in [2.24, 2.45) is 0 Å². The molecular formula is C25H24N2O3. The number of carbonyl (C=O) groups is 2. The van der Waals surface area contributed by atoms with E-state index in [4.69, 9.17) is 4.74 Å². The molecular weight excluding hydrogens is 376 g/mol. The molecule has 0 aromatic heterocycles. The lowest BCUT2D eigenvalue weighted by molar-refractivity contribution is -0.124. The maximum Gasteiger partial charge on any atom is 0.259 e. The molecule has 0 saturated heterocycles. The third kappa shape index (κ3) is 4.69. The largest absolute Gasteiger partial charge is 0.483 e. The van der Waals surface area contributed by atoms with Gasteiger partial charge < -0.3 is 15.4 Å². The van der Waals surface area contributed by atoms with Gasteiger partial charge in [0, 0.05) is 5.69 Å². The molecule has 1 unspecified atom stereocenters. The molecule has 0 bridgehead atoms. The first-order chi connectivity index (χ1) is 14.7. The zero-order chi connectivity index (χ0) is 20.8. The minimum Gasteiger partial charge on any atom is -0.483 e. The standard InChI is InChI=1S/C25H24N2O3/c28-24(27-22-15-8-10-18-9-4-5-13-20(18)22)17-30-23-16-7-6-14-21(23)25(29)26-19-11-2-1-3-12-19/h1-7,9,11-14,16,22H,8,10,15,17H2,(H,26,29)(H,27,28). The van der Waals surface area contributed by atoms with E-state index in [0.29, 0.717) is 17.0 Å². The van der Waals surface area contributed by atoms with Crippen molar-refractivity contribution in [2.75, 3.05) is 11.9 Å². The van der Waals surface area contributed by atoms with Crippen molar-refractivity contribution < 1.29 is 14.3 Å². The number of nitrogens with one attached hydrogen (secondary N) is 2. The predicted octanol–water partition coefficient (Wildman–Crippen LogP) is 4.51. The summed E-state index contributed by atoms with van der Waals surface area (Å²) in [4.78, 5) is 25.2. The summed E-state index contributed by atoms with van der Waals surface area (Å²) in [6.07, 6.45) is 3.01. The van der Waals surface area contributed by atoms with Gasteiger partial charge in [-0.3, -0.25) is 9.59 Å². The van der Waals surface area contributed by atoms with Crippen LogP contribution >= 0.6 is 0 Å². The first kappa shape index (κ1) is 19.7. The van der Waals surface area contributed by atoms with Crippen molar-refractivity contribution in [3.8, 4) is 5.75 Å². The molecule has 0 saturated carbocycles. The van der Waals surface area contributed by atoms with Crippen LogP contribution in [0.4, 0.5) is 5.69 Å². The number of amides is 2. The van der Waals surface area contributed by atoms with Gasteiger partial charge in [0.2, 0.25) is 0 Å². The SMILES string of the molecule is O=C(COc1ccccc1C(=O)Nc1ccccc1)NC1CCCc2ccccc21. The summed E-state index contributed by atoms with van der Waals surface area (Å²) < 4.78 is 5.71. The Morgan fingerprint density at radius 1 is 0.900 bits per heavy atom. The highest BCUT2D eigenvalue weighted by molar-refractivity contribution is 6.06. The van der Waals surface area contributed by atoms with Gasteiger partial charge in [0.1, 0.15) is 5.75 Å². The topological polar surface area (TPSA) is 67.4 Å².